The third-order valence-corrected chi connectivity index (χ3v) is 14.3. The van der Waals surface area contributed by atoms with E-state index in [4.69, 9.17) is 14.2 Å². The number of esters is 3. The van der Waals surface area contributed by atoms with E-state index in [9.17, 15) is 14.4 Å². The van der Waals surface area contributed by atoms with Crippen LogP contribution >= 0.6 is 0 Å². The van der Waals surface area contributed by atoms with Crippen molar-refractivity contribution in [1.82, 2.24) is 0 Å². The van der Waals surface area contributed by atoms with Gasteiger partial charge in [-0.15, -0.1) is 0 Å². The van der Waals surface area contributed by atoms with Gasteiger partial charge in [-0.2, -0.15) is 0 Å². The first-order chi connectivity index (χ1) is 39.0. The lowest BCUT2D eigenvalue weighted by Crippen LogP contribution is -2.30. The van der Waals surface area contributed by atoms with Gasteiger partial charge in [0.1, 0.15) is 13.2 Å². The summed E-state index contributed by atoms with van der Waals surface area (Å²) in [5.41, 5.74) is 0. The van der Waals surface area contributed by atoms with Crippen molar-refractivity contribution in [3.63, 3.8) is 0 Å². The van der Waals surface area contributed by atoms with Crippen molar-refractivity contribution in [2.45, 2.75) is 322 Å². The second-order valence-electron chi connectivity index (χ2n) is 22.0. The summed E-state index contributed by atoms with van der Waals surface area (Å²) in [6.45, 7) is 6.51. The minimum absolute atomic E-state index is 0.0798. The Morgan fingerprint density at radius 1 is 0.266 bits per heavy atom. The Bertz CT molecular complexity index is 1590. The van der Waals surface area contributed by atoms with Gasteiger partial charge in [0.15, 0.2) is 6.10 Å². The molecule has 0 aliphatic heterocycles. The molecule has 0 aromatic carbocycles. The van der Waals surface area contributed by atoms with Crippen LogP contribution in [0.1, 0.15) is 316 Å². The predicted molar refractivity (Wildman–Crippen MR) is 343 cm³/mol. The zero-order chi connectivity index (χ0) is 57.1. The first kappa shape index (κ1) is 75.1. The summed E-state index contributed by atoms with van der Waals surface area (Å²) >= 11 is 0. The maximum Gasteiger partial charge on any atom is 0.306 e. The van der Waals surface area contributed by atoms with Crippen LogP contribution < -0.4 is 0 Å². The molecule has 452 valence electrons. The van der Waals surface area contributed by atoms with Crippen molar-refractivity contribution in [2.24, 2.45) is 0 Å². The van der Waals surface area contributed by atoms with Crippen molar-refractivity contribution < 1.29 is 28.6 Å². The predicted octanol–water partition coefficient (Wildman–Crippen LogP) is 23.0. The molecular weight excluding hydrogens is 973 g/mol. The van der Waals surface area contributed by atoms with Gasteiger partial charge < -0.3 is 14.2 Å². The van der Waals surface area contributed by atoms with E-state index in [1.165, 1.54) is 161 Å². The fraction of sp³-hybridized carbons (Fsp3) is 0.712. The van der Waals surface area contributed by atoms with Crippen LogP contribution in [0.4, 0.5) is 0 Å². The number of allylic oxidation sites excluding steroid dienone is 18. The molecule has 0 saturated heterocycles. The topological polar surface area (TPSA) is 78.9 Å². The quantitative estimate of drug-likeness (QED) is 0.0261. The fourth-order valence-electron chi connectivity index (χ4n) is 9.28. The normalized spacial score (nSPS) is 12.8. The lowest BCUT2D eigenvalue weighted by molar-refractivity contribution is -0.167. The molecule has 0 spiro atoms. The monoisotopic (exact) mass is 1100 g/mol. The lowest BCUT2D eigenvalue weighted by Gasteiger charge is -2.18. The van der Waals surface area contributed by atoms with E-state index in [0.29, 0.717) is 19.3 Å². The maximum absolute atomic E-state index is 12.9. The first-order valence-electron chi connectivity index (χ1n) is 33.4. The third kappa shape index (κ3) is 64.8. The largest absolute Gasteiger partial charge is 0.462 e. The molecule has 6 nitrogen and oxygen atoms in total. The van der Waals surface area contributed by atoms with Crippen LogP contribution in [0.15, 0.2) is 109 Å². The molecule has 0 aromatic heterocycles. The zero-order valence-electron chi connectivity index (χ0n) is 51.9. The summed E-state index contributed by atoms with van der Waals surface area (Å²) in [6, 6.07) is 0. The minimum Gasteiger partial charge on any atom is -0.462 e. The van der Waals surface area contributed by atoms with Crippen LogP contribution in [-0.4, -0.2) is 37.2 Å². The molecule has 0 amide bonds. The molecule has 0 aliphatic carbocycles. The third-order valence-electron chi connectivity index (χ3n) is 14.3. The second-order valence-corrected chi connectivity index (χ2v) is 22.0. The van der Waals surface area contributed by atoms with Crippen molar-refractivity contribution in [3.05, 3.63) is 109 Å². The molecule has 0 rings (SSSR count). The molecule has 1 unspecified atom stereocenters. The Morgan fingerprint density at radius 2 is 0.494 bits per heavy atom. The summed E-state index contributed by atoms with van der Waals surface area (Å²) in [6.07, 6.45) is 91.1. The highest BCUT2D eigenvalue weighted by Crippen LogP contribution is 2.16. The molecule has 0 aromatic rings. The Hall–Kier alpha value is -3.93. The van der Waals surface area contributed by atoms with Crippen molar-refractivity contribution >= 4 is 17.9 Å². The molecule has 79 heavy (non-hydrogen) atoms. The highest BCUT2D eigenvalue weighted by atomic mass is 16.6. The molecule has 0 bridgehead atoms. The number of carbonyl (C=O) groups is 3. The highest BCUT2D eigenvalue weighted by molar-refractivity contribution is 5.71. The van der Waals surface area contributed by atoms with Crippen molar-refractivity contribution in [3.8, 4) is 0 Å². The van der Waals surface area contributed by atoms with Crippen LogP contribution in [0.3, 0.4) is 0 Å². The van der Waals surface area contributed by atoms with Gasteiger partial charge in [0.05, 0.1) is 0 Å². The SMILES string of the molecule is CC/C=C\C/C=C\C/C=C\C/C=C\C/C=C\C/C=C\C/C=C\C/C=C\CCCCCCCCCCCCC(=O)OCC(COC(=O)CCCCCCC/C=C\CCCCC)OC(=O)CCCCCCCCCCCCCCCC. The van der Waals surface area contributed by atoms with E-state index in [2.05, 4.69) is 130 Å². The maximum atomic E-state index is 12.9. The summed E-state index contributed by atoms with van der Waals surface area (Å²) in [5, 5.41) is 0. The number of ether oxygens (including phenoxy) is 3. The number of carbonyl (C=O) groups excluding carboxylic acids is 3. The number of hydrogen-bond donors (Lipinski definition) is 0. The van der Waals surface area contributed by atoms with Gasteiger partial charge >= 0.3 is 17.9 Å². The van der Waals surface area contributed by atoms with E-state index in [0.717, 1.165) is 116 Å². The summed E-state index contributed by atoms with van der Waals surface area (Å²) in [4.78, 5) is 38.2. The zero-order valence-corrected chi connectivity index (χ0v) is 51.9. The van der Waals surface area contributed by atoms with Gasteiger partial charge in [-0.1, -0.05) is 297 Å². The number of hydrogen-bond acceptors (Lipinski definition) is 6. The molecule has 0 fully saturated rings. The lowest BCUT2D eigenvalue weighted by atomic mass is 10.0. The Balaban J connectivity index is 4.18. The molecule has 0 aliphatic rings. The van der Waals surface area contributed by atoms with E-state index in [1.54, 1.807) is 0 Å². The van der Waals surface area contributed by atoms with Crippen LogP contribution in [0, 0.1) is 0 Å². The summed E-state index contributed by atoms with van der Waals surface area (Å²) < 4.78 is 16.9. The van der Waals surface area contributed by atoms with Crippen LogP contribution in [0.2, 0.25) is 0 Å². The average molecular weight is 1100 g/mol. The number of rotatable bonds is 60. The Morgan fingerprint density at radius 3 is 0.810 bits per heavy atom. The first-order valence-corrected chi connectivity index (χ1v) is 33.4. The number of unbranched alkanes of at least 4 members (excludes halogenated alkanes) is 31. The Labute approximate surface area is 489 Å². The molecular formula is C73H124O6. The smallest absolute Gasteiger partial charge is 0.306 e. The summed E-state index contributed by atoms with van der Waals surface area (Å²) in [5.74, 6) is -0.882. The van der Waals surface area contributed by atoms with Crippen LogP contribution in [0.5, 0.6) is 0 Å². The molecule has 6 heteroatoms. The van der Waals surface area contributed by atoms with Crippen molar-refractivity contribution in [2.75, 3.05) is 13.2 Å². The molecule has 0 saturated carbocycles. The minimum atomic E-state index is -0.781. The van der Waals surface area contributed by atoms with Crippen LogP contribution in [-0.2, 0) is 28.6 Å². The fourth-order valence-corrected chi connectivity index (χ4v) is 9.28. The van der Waals surface area contributed by atoms with Gasteiger partial charge in [-0.25, -0.2) is 0 Å². The van der Waals surface area contributed by atoms with Crippen LogP contribution in [0.25, 0.3) is 0 Å². The molecule has 1 atom stereocenters. The van der Waals surface area contributed by atoms with Gasteiger partial charge in [-0.05, 0) is 109 Å². The van der Waals surface area contributed by atoms with Gasteiger partial charge in [0, 0.05) is 19.3 Å². The average Bonchev–Trinajstić information content (AvgIpc) is 3.45. The van der Waals surface area contributed by atoms with Crippen molar-refractivity contribution in [1.29, 1.82) is 0 Å². The molecule has 0 radical (unpaired) electrons. The van der Waals surface area contributed by atoms with Gasteiger partial charge in [-0.3, -0.25) is 14.4 Å². The van der Waals surface area contributed by atoms with E-state index in [1.807, 2.05) is 0 Å². The second kappa shape index (κ2) is 66.6. The van der Waals surface area contributed by atoms with E-state index >= 15 is 0 Å². The molecule has 0 heterocycles. The van der Waals surface area contributed by atoms with E-state index < -0.39 is 6.10 Å². The van der Waals surface area contributed by atoms with E-state index in [-0.39, 0.29) is 31.1 Å². The van der Waals surface area contributed by atoms with Gasteiger partial charge in [0.2, 0.25) is 0 Å². The summed E-state index contributed by atoms with van der Waals surface area (Å²) in [7, 11) is 0. The molecule has 0 N–H and O–H groups in total. The standard InChI is InChI=1S/C73H124O6/c1-4-7-10-13-16-19-22-25-27-28-29-30-31-32-33-34-35-36-37-38-39-40-41-42-43-44-45-46-47-49-51-54-57-60-63-66-72(75)78-69-70(68-77-71(74)65-62-59-56-53-50-24-21-18-15-12-9-6-3)79-73(76)67-64-61-58-55-52-48-26-23-20-17-14-11-8-5-2/h7,10,16,18-19,21,25,27,29-30,32-33,35-36,38-39,41-42,70H,4-6,8-9,11-15,17,20,22-24,26,28,31,34,37,40,43-69H2,1-3H3/b10-7-,19-16-,21-18-,27-25-,30-29-,33-32-,36-35-,39-38-,42-41-. The van der Waals surface area contributed by atoms with Gasteiger partial charge in [0.25, 0.3) is 0 Å². The highest BCUT2D eigenvalue weighted by Gasteiger charge is 2.19. The Kier molecular flexibility index (Phi) is 63.3.